The molecule has 1 aromatic carbocycles. The molecule has 9 heteroatoms. The van der Waals surface area contributed by atoms with Gasteiger partial charge in [0.05, 0.1) is 11.3 Å². The number of hydrogen-bond donors (Lipinski definition) is 4. The molecule has 3 atom stereocenters. The van der Waals surface area contributed by atoms with Crippen molar-refractivity contribution in [3.8, 4) is 17.0 Å². The second-order valence-electron chi connectivity index (χ2n) is 9.23. The van der Waals surface area contributed by atoms with Gasteiger partial charge in [0.25, 0.3) is 5.91 Å². The third kappa shape index (κ3) is 2.97. The first-order chi connectivity index (χ1) is 16.6. The highest BCUT2D eigenvalue weighted by Crippen LogP contribution is 2.54. The molecule has 0 saturated heterocycles. The molecule has 1 amide bonds. The van der Waals surface area contributed by atoms with E-state index in [0.717, 1.165) is 11.1 Å². The number of nitrogens with zero attached hydrogens (tertiary/aromatic N) is 1. The number of aromatic nitrogens is 1. The van der Waals surface area contributed by atoms with Crippen LogP contribution in [0.25, 0.3) is 17.0 Å². The van der Waals surface area contributed by atoms with E-state index in [2.05, 4.69) is 4.98 Å². The summed E-state index contributed by atoms with van der Waals surface area (Å²) in [6.07, 6.45) is 1.95. The zero-order valence-electron chi connectivity index (χ0n) is 19.2. The number of aryl methyl sites for hydroxylation is 1. The first-order valence-corrected chi connectivity index (χ1v) is 11.2. The molecule has 180 valence electrons. The number of rotatable bonds is 3. The van der Waals surface area contributed by atoms with Gasteiger partial charge in [0.1, 0.15) is 22.8 Å². The number of phenolic OH excluding ortho intramolecular Hbond substituents is 1. The van der Waals surface area contributed by atoms with Gasteiger partial charge in [-0.05, 0) is 55.0 Å². The third-order valence-electron chi connectivity index (χ3n) is 7.50. The van der Waals surface area contributed by atoms with Gasteiger partial charge in [-0.3, -0.25) is 19.4 Å². The Bertz CT molecular complexity index is 1390. The molecule has 0 bridgehead atoms. The zero-order chi connectivity index (χ0) is 25.2. The molecule has 1 heterocycles. The number of aromatic hydroxyl groups is 1. The average molecular weight is 476 g/mol. The van der Waals surface area contributed by atoms with Gasteiger partial charge >= 0.3 is 0 Å². The molecule has 1 aromatic heterocycles. The minimum absolute atomic E-state index is 0.0227. The van der Waals surface area contributed by atoms with Gasteiger partial charge in [-0.15, -0.1) is 0 Å². The van der Waals surface area contributed by atoms with E-state index >= 15 is 0 Å². The van der Waals surface area contributed by atoms with Crippen LogP contribution in [0.1, 0.15) is 29.5 Å². The van der Waals surface area contributed by atoms with E-state index in [-0.39, 0.29) is 36.1 Å². The highest BCUT2D eigenvalue weighted by Gasteiger charge is 2.61. The number of aliphatic hydroxyl groups excluding tert-OH is 2. The van der Waals surface area contributed by atoms with Gasteiger partial charge in [-0.2, -0.15) is 0 Å². The van der Waals surface area contributed by atoms with E-state index in [1.54, 1.807) is 12.3 Å². The van der Waals surface area contributed by atoms with Crippen LogP contribution in [-0.4, -0.2) is 50.5 Å². The van der Waals surface area contributed by atoms with Crippen LogP contribution in [0.5, 0.6) is 5.75 Å². The Balaban J connectivity index is 1.74. The fourth-order valence-electron chi connectivity index (χ4n) is 5.95. The summed E-state index contributed by atoms with van der Waals surface area (Å²) in [4.78, 5) is 42.9. The fraction of sp³-hybridized carbons (Fsp3) is 0.308. The Kier molecular flexibility index (Phi) is 5.06. The number of Topliss-reactive ketones (excluding diaryl/α,β-unsaturated/α-hetero) is 2. The summed E-state index contributed by atoms with van der Waals surface area (Å²) < 4.78 is 5.53. The van der Waals surface area contributed by atoms with Crippen molar-refractivity contribution >= 4 is 23.2 Å². The van der Waals surface area contributed by atoms with Crippen molar-refractivity contribution in [2.24, 2.45) is 17.6 Å². The van der Waals surface area contributed by atoms with E-state index in [1.807, 2.05) is 19.1 Å². The minimum atomic E-state index is -2.03. The molecule has 5 N–H and O–H groups in total. The lowest BCUT2D eigenvalue weighted by molar-refractivity contribution is -0.153. The van der Waals surface area contributed by atoms with Gasteiger partial charge in [-0.25, -0.2) is 0 Å². The molecule has 1 saturated carbocycles. The van der Waals surface area contributed by atoms with E-state index in [9.17, 15) is 29.7 Å². The van der Waals surface area contributed by atoms with Crippen LogP contribution in [0.2, 0.25) is 0 Å². The Morgan fingerprint density at radius 2 is 1.91 bits per heavy atom. The monoisotopic (exact) mass is 476 g/mol. The Labute approximate surface area is 200 Å². The van der Waals surface area contributed by atoms with Gasteiger partial charge < -0.3 is 25.8 Å². The number of amides is 1. The van der Waals surface area contributed by atoms with Crippen LogP contribution in [-0.2, 0) is 25.5 Å². The topological polar surface area (TPSA) is 160 Å². The van der Waals surface area contributed by atoms with E-state index in [0.29, 0.717) is 11.3 Å². The van der Waals surface area contributed by atoms with Crippen molar-refractivity contribution in [1.82, 2.24) is 4.98 Å². The summed E-state index contributed by atoms with van der Waals surface area (Å²) in [5, 5.41) is 32.9. The summed E-state index contributed by atoms with van der Waals surface area (Å²) in [6, 6.07) is 6.88. The summed E-state index contributed by atoms with van der Waals surface area (Å²) >= 11 is 0. The molecule has 5 rings (SSSR count). The molecule has 0 aliphatic heterocycles. The normalized spacial score (nSPS) is 25.8. The largest absolute Gasteiger partial charge is 0.508 e. The maximum atomic E-state index is 13.9. The van der Waals surface area contributed by atoms with E-state index in [1.165, 1.54) is 13.2 Å². The van der Waals surface area contributed by atoms with Gasteiger partial charge in [0.2, 0.25) is 5.78 Å². The van der Waals surface area contributed by atoms with Gasteiger partial charge in [0.15, 0.2) is 11.4 Å². The van der Waals surface area contributed by atoms with Crippen LogP contribution < -0.4 is 5.73 Å². The second kappa shape index (κ2) is 7.78. The SMILES string of the molecule is CO[C@]12C(=O)C3=C(O)c4c(O)ccc(-c5ncccc5C)c4C[C@H]3C[C@H]1CC(=O)C(C(N)=O)=C2O. The van der Waals surface area contributed by atoms with E-state index in [4.69, 9.17) is 10.5 Å². The highest BCUT2D eigenvalue weighted by atomic mass is 16.5. The first kappa shape index (κ1) is 22.8. The number of pyridine rings is 1. The van der Waals surface area contributed by atoms with Crippen molar-refractivity contribution in [3.63, 3.8) is 0 Å². The van der Waals surface area contributed by atoms with Crippen LogP contribution in [0.3, 0.4) is 0 Å². The summed E-state index contributed by atoms with van der Waals surface area (Å²) in [6.45, 7) is 1.90. The molecule has 2 aromatic rings. The lowest BCUT2D eigenvalue weighted by Gasteiger charge is -2.48. The Morgan fingerprint density at radius 3 is 2.57 bits per heavy atom. The lowest BCUT2D eigenvalue weighted by Crippen LogP contribution is -2.59. The minimum Gasteiger partial charge on any atom is -0.508 e. The molecule has 3 aliphatic carbocycles. The van der Waals surface area contributed by atoms with Gasteiger partial charge in [-0.1, -0.05) is 6.07 Å². The number of fused-ring (bicyclic) bond motifs is 3. The molecule has 9 nitrogen and oxygen atoms in total. The van der Waals surface area contributed by atoms with Crippen molar-refractivity contribution < 1.29 is 34.4 Å². The number of carbonyl (C=O) groups excluding carboxylic acids is 3. The summed E-state index contributed by atoms with van der Waals surface area (Å²) in [5.74, 6) is -5.31. The molecular weight excluding hydrogens is 452 g/mol. The summed E-state index contributed by atoms with van der Waals surface area (Å²) in [5.41, 5.74) is 5.65. The van der Waals surface area contributed by atoms with Crippen molar-refractivity contribution in [3.05, 3.63) is 64.1 Å². The van der Waals surface area contributed by atoms with Crippen LogP contribution in [0.15, 0.2) is 47.4 Å². The third-order valence-corrected chi connectivity index (χ3v) is 7.50. The second-order valence-corrected chi connectivity index (χ2v) is 9.23. The zero-order valence-corrected chi connectivity index (χ0v) is 19.2. The molecule has 3 aliphatic rings. The number of carbonyl (C=O) groups is 3. The van der Waals surface area contributed by atoms with Crippen molar-refractivity contribution in [2.45, 2.75) is 31.8 Å². The predicted octanol–water partition coefficient (Wildman–Crippen LogP) is 2.45. The lowest BCUT2D eigenvalue weighted by atomic mass is 9.59. The molecule has 0 unspecified atom stereocenters. The molecule has 35 heavy (non-hydrogen) atoms. The number of methoxy groups -OCH3 is 1. The predicted molar refractivity (Wildman–Crippen MR) is 124 cm³/mol. The Morgan fingerprint density at radius 1 is 1.17 bits per heavy atom. The number of nitrogens with two attached hydrogens (primary N) is 1. The van der Waals surface area contributed by atoms with E-state index < -0.39 is 52.0 Å². The number of hydrogen-bond acceptors (Lipinski definition) is 8. The molecule has 1 fully saturated rings. The maximum absolute atomic E-state index is 13.9. The number of benzene rings is 1. The fourth-order valence-corrected chi connectivity index (χ4v) is 5.95. The quantitative estimate of drug-likeness (QED) is 0.492. The van der Waals surface area contributed by atoms with Crippen LogP contribution in [0, 0.1) is 18.8 Å². The first-order valence-electron chi connectivity index (χ1n) is 11.2. The van der Waals surface area contributed by atoms with Crippen molar-refractivity contribution in [2.75, 3.05) is 7.11 Å². The maximum Gasteiger partial charge on any atom is 0.255 e. The number of primary amides is 1. The number of phenols is 1. The average Bonchev–Trinajstić information content (AvgIpc) is 2.79. The highest BCUT2D eigenvalue weighted by molar-refractivity contribution is 6.22. The van der Waals surface area contributed by atoms with Gasteiger partial charge in [0, 0.05) is 36.8 Å². The van der Waals surface area contributed by atoms with Crippen molar-refractivity contribution in [1.29, 1.82) is 0 Å². The Hall–Kier alpha value is -3.98. The molecular formula is C26H24N2O7. The molecule has 0 spiro atoms. The summed E-state index contributed by atoms with van der Waals surface area (Å²) in [7, 11) is 1.20. The van der Waals surface area contributed by atoms with Crippen LogP contribution >= 0.6 is 0 Å². The smallest absolute Gasteiger partial charge is 0.255 e. The number of ketones is 2. The molecule has 0 radical (unpaired) electrons. The standard InChI is InChI=1S/C26H24N2O7/c1-11-4-3-7-28-21(11)14-5-6-16(29)19-15(14)9-12-8-13-10-17(30)20(25(27)34)24(33)26(13,35-2)23(32)18(12)22(19)31/h3-7,12-13,29,31,33H,8-10H2,1-2H3,(H2,27,34)/t12-,13+,26+/m1/s1. The van der Waals surface area contributed by atoms with Crippen LogP contribution in [0.4, 0.5) is 0 Å². The number of aliphatic hydroxyl groups is 2. The number of ether oxygens (including phenoxy) is 1.